The van der Waals surface area contributed by atoms with Crippen molar-refractivity contribution >= 4 is 0 Å². The van der Waals surface area contributed by atoms with Gasteiger partial charge in [0.2, 0.25) is 0 Å². The first-order valence-electron chi connectivity index (χ1n) is 8.93. The minimum Gasteiger partial charge on any atom is -0.487 e. The molecule has 0 amide bonds. The summed E-state index contributed by atoms with van der Waals surface area (Å²) < 4.78 is 5.82. The molecule has 0 aliphatic carbocycles. The first-order chi connectivity index (χ1) is 11.9. The highest BCUT2D eigenvalue weighted by Gasteiger charge is 2.30. The highest BCUT2D eigenvalue weighted by atomic mass is 16.5. The number of aromatic nitrogens is 1. The molecule has 4 heteroatoms. The van der Waals surface area contributed by atoms with E-state index in [2.05, 4.69) is 39.5 Å². The topological polar surface area (TPSA) is 37.4 Å². The zero-order valence-electron chi connectivity index (χ0n) is 14.0. The summed E-state index contributed by atoms with van der Waals surface area (Å²) >= 11 is 0. The molecule has 3 saturated heterocycles. The second-order valence-electron chi connectivity index (χ2n) is 6.94. The van der Waals surface area contributed by atoms with Gasteiger partial charge in [0.05, 0.1) is 5.69 Å². The number of pyridine rings is 1. The molecular weight excluding hydrogens is 298 g/mol. The highest BCUT2D eigenvalue weighted by Crippen LogP contribution is 2.26. The molecule has 2 bridgehead atoms. The monoisotopic (exact) mass is 323 g/mol. The van der Waals surface area contributed by atoms with E-state index in [1.807, 2.05) is 18.2 Å². The van der Waals surface area contributed by atoms with Gasteiger partial charge in [0.25, 0.3) is 0 Å². The third-order valence-corrected chi connectivity index (χ3v) is 5.15. The van der Waals surface area contributed by atoms with Crippen LogP contribution in [0.3, 0.4) is 0 Å². The molecule has 1 aromatic heterocycles. The lowest BCUT2D eigenvalue weighted by Crippen LogP contribution is -2.42. The van der Waals surface area contributed by atoms with Gasteiger partial charge in [-0.2, -0.15) is 0 Å². The third kappa shape index (κ3) is 3.77. The van der Waals surface area contributed by atoms with Crippen LogP contribution in [0, 0.1) is 5.92 Å². The van der Waals surface area contributed by atoms with Crippen molar-refractivity contribution < 1.29 is 4.74 Å². The lowest BCUT2D eigenvalue weighted by atomic mass is 9.94. The van der Waals surface area contributed by atoms with Crippen LogP contribution in [0.25, 0.3) is 0 Å². The third-order valence-electron chi connectivity index (χ3n) is 5.15. The van der Waals surface area contributed by atoms with Gasteiger partial charge in [0.15, 0.2) is 0 Å². The molecule has 0 radical (unpaired) electrons. The molecule has 2 aromatic rings. The molecule has 0 unspecified atom stereocenters. The van der Waals surface area contributed by atoms with Crippen molar-refractivity contribution in [1.29, 1.82) is 0 Å². The maximum Gasteiger partial charge on any atom is 0.130 e. The average molecular weight is 323 g/mol. The molecule has 126 valence electrons. The van der Waals surface area contributed by atoms with Crippen LogP contribution in [0.5, 0.6) is 5.75 Å². The normalized spacial score (nSPS) is 23.8. The van der Waals surface area contributed by atoms with Crippen molar-refractivity contribution in [2.24, 2.45) is 5.92 Å². The number of hydrogen-bond acceptors (Lipinski definition) is 4. The maximum absolute atomic E-state index is 5.82. The molecule has 1 N–H and O–H groups in total. The van der Waals surface area contributed by atoms with Crippen molar-refractivity contribution in [3.8, 4) is 5.75 Å². The Kier molecular flexibility index (Phi) is 4.76. The van der Waals surface area contributed by atoms with Crippen molar-refractivity contribution in [3.05, 3.63) is 59.9 Å². The molecule has 3 aliphatic heterocycles. The summed E-state index contributed by atoms with van der Waals surface area (Å²) in [6.45, 7) is 5.12. The first kappa shape index (κ1) is 15.6. The molecule has 5 rings (SSSR count). The van der Waals surface area contributed by atoms with Crippen LogP contribution in [0.1, 0.15) is 24.1 Å². The van der Waals surface area contributed by atoms with Gasteiger partial charge in [-0.05, 0) is 55.1 Å². The largest absolute Gasteiger partial charge is 0.487 e. The average Bonchev–Trinajstić information content (AvgIpc) is 2.98. The first-order valence-corrected chi connectivity index (χ1v) is 8.93. The molecule has 3 aliphatic rings. The predicted molar refractivity (Wildman–Crippen MR) is 94.8 cm³/mol. The minimum atomic E-state index is 0.516. The van der Waals surface area contributed by atoms with E-state index >= 15 is 0 Å². The summed E-state index contributed by atoms with van der Waals surface area (Å²) in [6, 6.07) is 15.1. The summed E-state index contributed by atoms with van der Waals surface area (Å²) in [5.74, 6) is 1.73. The fourth-order valence-corrected chi connectivity index (χ4v) is 3.79. The molecule has 24 heavy (non-hydrogen) atoms. The van der Waals surface area contributed by atoms with E-state index in [1.54, 1.807) is 6.20 Å². The number of hydrogen-bond donors (Lipinski definition) is 1. The maximum atomic E-state index is 5.82. The molecule has 0 saturated carbocycles. The fourth-order valence-electron chi connectivity index (χ4n) is 3.79. The van der Waals surface area contributed by atoms with E-state index in [0.717, 1.165) is 30.5 Å². The van der Waals surface area contributed by atoms with Gasteiger partial charge in [-0.3, -0.25) is 9.88 Å². The smallest absolute Gasteiger partial charge is 0.130 e. The molecule has 4 heterocycles. The Morgan fingerprint density at radius 2 is 2.00 bits per heavy atom. The summed E-state index contributed by atoms with van der Waals surface area (Å²) in [5.41, 5.74) is 2.32. The van der Waals surface area contributed by atoms with E-state index in [9.17, 15) is 0 Å². The van der Waals surface area contributed by atoms with Crippen LogP contribution in [-0.2, 0) is 13.2 Å². The van der Waals surface area contributed by atoms with Crippen LogP contribution >= 0.6 is 0 Å². The van der Waals surface area contributed by atoms with Crippen LogP contribution in [-0.4, -0.2) is 35.6 Å². The van der Waals surface area contributed by atoms with Crippen LogP contribution in [0.15, 0.2) is 48.7 Å². The number of nitrogens with one attached hydrogen (secondary N) is 1. The van der Waals surface area contributed by atoms with Gasteiger partial charge in [0, 0.05) is 31.9 Å². The highest BCUT2D eigenvalue weighted by molar-refractivity contribution is 5.27. The quantitative estimate of drug-likeness (QED) is 0.918. The van der Waals surface area contributed by atoms with Crippen molar-refractivity contribution in [2.75, 3.05) is 19.6 Å². The predicted octanol–water partition coefficient (Wildman–Crippen LogP) is 2.84. The Labute approximate surface area is 143 Å². The number of benzene rings is 1. The van der Waals surface area contributed by atoms with Crippen molar-refractivity contribution in [1.82, 2.24) is 15.2 Å². The van der Waals surface area contributed by atoms with Crippen LogP contribution in [0.2, 0.25) is 0 Å². The Bertz CT molecular complexity index is 640. The lowest BCUT2D eigenvalue weighted by Gasteiger charge is -2.36. The number of nitrogens with zero attached hydrogens (tertiary/aromatic N) is 2. The summed E-state index contributed by atoms with van der Waals surface area (Å²) in [4.78, 5) is 6.93. The Hall–Kier alpha value is -1.91. The molecule has 2 atom stereocenters. The minimum absolute atomic E-state index is 0.516. The van der Waals surface area contributed by atoms with Gasteiger partial charge < -0.3 is 10.1 Å². The summed E-state index contributed by atoms with van der Waals surface area (Å²) in [5, 5.41) is 3.60. The van der Waals surface area contributed by atoms with E-state index in [-0.39, 0.29) is 0 Å². The summed E-state index contributed by atoms with van der Waals surface area (Å²) in [7, 11) is 0. The Morgan fingerprint density at radius 1 is 1.08 bits per heavy atom. The zero-order chi connectivity index (χ0) is 16.2. The van der Waals surface area contributed by atoms with Gasteiger partial charge >= 0.3 is 0 Å². The molecule has 0 spiro atoms. The molecule has 1 aromatic carbocycles. The number of fused-ring (bicyclic) bond motifs is 4. The van der Waals surface area contributed by atoms with Crippen LogP contribution < -0.4 is 10.1 Å². The fraction of sp³-hybridized carbons (Fsp3) is 0.450. The van der Waals surface area contributed by atoms with Crippen molar-refractivity contribution in [3.63, 3.8) is 0 Å². The molecule has 3 fully saturated rings. The SMILES string of the molecule is c1ccc(COc2ccc(CN3C[C@@H]4CC[C@H]3CNC4)cc2)nc1. The number of ether oxygens (including phenoxy) is 1. The number of rotatable bonds is 5. The van der Waals surface area contributed by atoms with E-state index in [0.29, 0.717) is 12.6 Å². The van der Waals surface area contributed by atoms with Gasteiger partial charge in [-0.1, -0.05) is 18.2 Å². The van der Waals surface area contributed by atoms with E-state index in [1.165, 1.54) is 31.5 Å². The number of piperidine rings is 1. The second-order valence-corrected chi connectivity index (χ2v) is 6.94. The van der Waals surface area contributed by atoms with E-state index in [4.69, 9.17) is 4.74 Å². The summed E-state index contributed by atoms with van der Waals surface area (Å²) in [6.07, 6.45) is 4.52. The molecular formula is C20H25N3O. The van der Waals surface area contributed by atoms with Gasteiger partial charge in [-0.25, -0.2) is 0 Å². The Morgan fingerprint density at radius 3 is 2.83 bits per heavy atom. The van der Waals surface area contributed by atoms with Gasteiger partial charge in [-0.15, -0.1) is 0 Å². The Balaban J connectivity index is 1.34. The van der Waals surface area contributed by atoms with Crippen LogP contribution in [0.4, 0.5) is 0 Å². The molecule has 4 nitrogen and oxygen atoms in total. The van der Waals surface area contributed by atoms with E-state index < -0.39 is 0 Å². The van der Waals surface area contributed by atoms with Gasteiger partial charge in [0.1, 0.15) is 12.4 Å². The van der Waals surface area contributed by atoms with Crippen molar-refractivity contribution in [2.45, 2.75) is 32.0 Å². The zero-order valence-corrected chi connectivity index (χ0v) is 14.0. The standard InChI is InChI=1S/C20H25N3O/c1-2-10-22-18(3-1)15-24-20-8-5-16(6-9-20)13-23-14-17-4-7-19(23)12-21-11-17/h1-3,5-6,8-10,17,19,21H,4,7,11-15H2/t17-,19+/m1/s1. The lowest BCUT2D eigenvalue weighted by molar-refractivity contribution is 0.126. The second kappa shape index (κ2) is 7.32.